The van der Waals surface area contributed by atoms with E-state index in [9.17, 15) is 19.7 Å². The number of rotatable bonds is 3. The van der Waals surface area contributed by atoms with E-state index in [-0.39, 0.29) is 6.42 Å². The van der Waals surface area contributed by atoms with E-state index in [4.69, 9.17) is 15.9 Å². The van der Waals surface area contributed by atoms with Crippen LogP contribution in [0.2, 0.25) is 0 Å². The quantitative estimate of drug-likeness (QED) is 0.406. The highest BCUT2D eigenvalue weighted by Gasteiger charge is 2.77. The summed E-state index contributed by atoms with van der Waals surface area (Å²) in [5, 5.41) is 28.4. The maximum absolute atomic E-state index is 11.0. The Morgan fingerprint density at radius 3 is 2.38 bits per heavy atom. The molecule has 0 spiro atoms. The first kappa shape index (κ1) is 10.8. The number of fused-ring (bicyclic) bond motifs is 1. The fourth-order valence-electron chi connectivity index (χ4n) is 2.86. The lowest BCUT2D eigenvalue weighted by atomic mass is 9.90. The van der Waals surface area contributed by atoms with Crippen LogP contribution in [0, 0.1) is 27.9 Å². The second-order valence-electron chi connectivity index (χ2n) is 4.37. The van der Waals surface area contributed by atoms with Gasteiger partial charge in [0.1, 0.15) is 5.54 Å². The molecular formula is C8H10N2O6. The summed E-state index contributed by atoms with van der Waals surface area (Å²) in [7, 11) is 0. The van der Waals surface area contributed by atoms with Crippen molar-refractivity contribution >= 4 is 11.9 Å². The van der Waals surface area contributed by atoms with Crippen molar-refractivity contribution < 1.29 is 24.7 Å². The van der Waals surface area contributed by atoms with Gasteiger partial charge in [0, 0.05) is 23.2 Å². The molecule has 0 aromatic heterocycles. The Kier molecular flexibility index (Phi) is 1.96. The predicted octanol–water partition coefficient (Wildman–Crippen LogP) is -1.24. The first-order valence-electron chi connectivity index (χ1n) is 4.69. The monoisotopic (exact) mass is 230 g/mol. The smallest absolute Gasteiger partial charge is 0.324 e. The molecule has 2 rings (SSSR count). The average molecular weight is 230 g/mol. The summed E-state index contributed by atoms with van der Waals surface area (Å²) >= 11 is 0. The number of nitro groups is 1. The van der Waals surface area contributed by atoms with Gasteiger partial charge in [0.05, 0.1) is 5.92 Å². The van der Waals surface area contributed by atoms with Crippen molar-refractivity contribution in [2.24, 2.45) is 23.5 Å². The molecular weight excluding hydrogens is 220 g/mol. The Morgan fingerprint density at radius 2 is 2.00 bits per heavy atom. The van der Waals surface area contributed by atoms with Gasteiger partial charge in [-0.05, 0) is 0 Å². The third-order valence-electron chi connectivity index (χ3n) is 3.62. The molecule has 0 heterocycles. The Labute approximate surface area is 89.2 Å². The fourth-order valence-corrected chi connectivity index (χ4v) is 2.86. The van der Waals surface area contributed by atoms with Gasteiger partial charge >= 0.3 is 11.9 Å². The summed E-state index contributed by atoms with van der Waals surface area (Å²) in [5.41, 5.74) is 3.80. The van der Waals surface area contributed by atoms with Crippen LogP contribution in [0.3, 0.4) is 0 Å². The second kappa shape index (κ2) is 2.91. The highest BCUT2D eigenvalue weighted by molar-refractivity contribution is 5.85. The lowest BCUT2D eigenvalue weighted by Gasteiger charge is -2.21. The lowest BCUT2D eigenvalue weighted by Crippen LogP contribution is -2.51. The Hall–Kier alpha value is -1.70. The number of carboxylic acids is 2. The fraction of sp³-hybridized carbons (Fsp3) is 0.750. The number of carbonyl (C=O) groups is 2. The van der Waals surface area contributed by atoms with Crippen LogP contribution in [-0.4, -0.2) is 38.7 Å². The van der Waals surface area contributed by atoms with Crippen molar-refractivity contribution in [2.75, 3.05) is 0 Å². The molecule has 0 bridgehead atoms. The van der Waals surface area contributed by atoms with E-state index in [1.807, 2.05) is 0 Å². The minimum absolute atomic E-state index is 0.297. The van der Waals surface area contributed by atoms with E-state index < -0.39 is 46.2 Å². The summed E-state index contributed by atoms with van der Waals surface area (Å²) in [6.07, 6.45) is -0.297. The molecule has 2 saturated carbocycles. The standard InChI is InChI=1S/C8H10N2O6/c9-8(7(13)14)1-2(10(15)16)3-4(5(3)8)6(11)12/h2-5H,1,9H2,(H,11,12)(H,13,14). The zero-order valence-electron chi connectivity index (χ0n) is 8.07. The van der Waals surface area contributed by atoms with Crippen molar-refractivity contribution in [1.82, 2.24) is 0 Å². The highest BCUT2D eigenvalue weighted by atomic mass is 16.6. The minimum Gasteiger partial charge on any atom is -0.481 e. The molecule has 2 aliphatic rings. The normalized spacial score (nSPS) is 44.8. The van der Waals surface area contributed by atoms with Crippen LogP contribution in [0.15, 0.2) is 0 Å². The van der Waals surface area contributed by atoms with E-state index in [0.29, 0.717) is 0 Å². The first-order chi connectivity index (χ1) is 7.30. The van der Waals surface area contributed by atoms with E-state index in [1.54, 1.807) is 0 Å². The van der Waals surface area contributed by atoms with Gasteiger partial charge in [0.15, 0.2) is 0 Å². The second-order valence-corrected chi connectivity index (χ2v) is 4.37. The third-order valence-corrected chi connectivity index (χ3v) is 3.62. The van der Waals surface area contributed by atoms with Crippen molar-refractivity contribution in [3.05, 3.63) is 10.1 Å². The molecule has 0 aromatic rings. The summed E-state index contributed by atoms with van der Waals surface area (Å²) < 4.78 is 0. The average Bonchev–Trinajstić information content (AvgIpc) is 2.81. The lowest BCUT2D eigenvalue weighted by molar-refractivity contribution is -0.526. The molecule has 8 nitrogen and oxygen atoms in total. The molecule has 0 saturated heterocycles. The van der Waals surface area contributed by atoms with Crippen molar-refractivity contribution in [3.63, 3.8) is 0 Å². The number of hydrogen-bond donors (Lipinski definition) is 3. The molecule has 5 atom stereocenters. The van der Waals surface area contributed by atoms with Gasteiger partial charge in [-0.2, -0.15) is 0 Å². The Balaban J connectivity index is 2.32. The molecule has 5 unspecified atom stereocenters. The van der Waals surface area contributed by atoms with Gasteiger partial charge in [-0.3, -0.25) is 19.7 Å². The summed E-state index contributed by atoms with van der Waals surface area (Å²) in [5.74, 6) is -5.13. The van der Waals surface area contributed by atoms with Gasteiger partial charge in [-0.1, -0.05) is 0 Å². The third kappa shape index (κ3) is 1.13. The Morgan fingerprint density at radius 1 is 1.44 bits per heavy atom. The zero-order valence-corrected chi connectivity index (χ0v) is 8.07. The van der Waals surface area contributed by atoms with Crippen LogP contribution >= 0.6 is 0 Å². The maximum Gasteiger partial charge on any atom is 0.324 e. The van der Waals surface area contributed by atoms with Crippen LogP contribution in [-0.2, 0) is 9.59 Å². The maximum atomic E-state index is 11.0. The Bertz CT molecular complexity index is 396. The molecule has 2 aliphatic carbocycles. The van der Waals surface area contributed by atoms with Gasteiger partial charge in [0.2, 0.25) is 6.04 Å². The zero-order chi connectivity index (χ0) is 12.2. The molecule has 4 N–H and O–H groups in total. The van der Waals surface area contributed by atoms with Gasteiger partial charge in [-0.15, -0.1) is 0 Å². The predicted molar refractivity (Wildman–Crippen MR) is 48.1 cm³/mol. The van der Waals surface area contributed by atoms with E-state index >= 15 is 0 Å². The first-order valence-corrected chi connectivity index (χ1v) is 4.69. The molecule has 0 amide bonds. The van der Waals surface area contributed by atoms with Crippen LogP contribution in [0.25, 0.3) is 0 Å². The molecule has 0 aromatic carbocycles. The van der Waals surface area contributed by atoms with E-state index in [1.165, 1.54) is 0 Å². The van der Waals surface area contributed by atoms with Crippen molar-refractivity contribution in [1.29, 1.82) is 0 Å². The van der Waals surface area contributed by atoms with Crippen LogP contribution in [0.4, 0.5) is 0 Å². The topological polar surface area (TPSA) is 144 Å². The molecule has 0 radical (unpaired) electrons. The van der Waals surface area contributed by atoms with Crippen molar-refractivity contribution in [3.8, 4) is 0 Å². The molecule has 16 heavy (non-hydrogen) atoms. The van der Waals surface area contributed by atoms with Crippen LogP contribution in [0.5, 0.6) is 0 Å². The number of carboxylic acid groups (broad SMARTS) is 2. The van der Waals surface area contributed by atoms with Crippen LogP contribution < -0.4 is 5.73 Å². The SMILES string of the molecule is NC1(C(=O)O)CC([N+](=O)[O-])C2C(C(=O)O)C21. The molecule has 8 heteroatoms. The number of nitrogens with two attached hydrogens (primary N) is 1. The molecule has 0 aliphatic heterocycles. The van der Waals surface area contributed by atoms with Gasteiger partial charge in [-0.25, -0.2) is 0 Å². The number of hydrogen-bond acceptors (Lipinski definition) is 5. The van der Waals surface area contributed by atoms with Crippen molar-refractivity contribution in [2.45, 2.75) is 18.0 Å². The summed E-state index contributed by atoms with van der Waals surface area (Å²) in [6, 6.07) is -1.16. The largest absolute Gasteiger partial charge is 0.481 e. The van der Waals surface area contributed by atoms with Gasteiger partial charge < -0.3 is 15.9 Å². The summed E-state index contributed by atoms with van der Waals surface area (Å²) in [4.78, 5) is 31.8. The highest BCUT2D eigenvalue weighted by Crippen LogP contribution is 2.62. The van der Waals surface area contributed by atoms with E-state index in [0.717, 1.165) is 0 Å². The molecule has 2 fully saturated rings. The van der Waals surface area contributed by atoms with Gasteiger partial charge in [0.25, 0.3) is 0 Å². The summed E-state index contributed by atoms with van der Waals surface area (Å²) in [6.45, 7) is 0. The van der Waals surface area contributed by atoms with E-state index in [2.05, 4.69) is 0 Å². The minimum atomic E-state index is -1.77. The molecule has 88 valence electrons. The number of aliphatic carboxylic acids is 2. The number of nitrogens with zero attached hydrogens (tertiary/aromatic N) is 1. The van der Waals surface area contributed by atoms with Crippen LogP contribution in [0.1, 0.15) is 6.42 Å².